The molecule has 0 aliphatic carbocycles. The lowest BCUT2D eigenvalue weighted by atomic mass is 10.1. The standard InChI is InChI=1S/C19H29FN2O3/c1-19(2,3)25-18(23)13-24-16-7-5-6-14(10-16)17(21-4)12-22-9-8-15(20)11-22/h5-7,10,15,17,21H,8-9,11-13H2,1-4H3/t15-,17?/m0/s1. The van der Waals surface area contributed by atoms with Gasteiger partial charge in [-0.15, -0.1) is 0 Å². The Bertz CT molecular complexity index is 574. The Morgan fingerprint density at radius 3 is 2.80 bits per heavy atom. The normalized spacial score (nSPS) is 19.6. The van der Waals surface area contributed by atoms with Crippen molar-refractivity contribution in [3.8, 4) is 5.75 Å². The number of likely N-dealkylation sites (tertiary alicyclic amines) is 1. The molecule has 2 rings (SSSR count). The summed E-state index contributed by atoms with van der Waals surface area (Å²) in [6.07, 6.45) is -0.115. The molecule has 1 aliphatic rings. The molecule has 0 radical (unpaired) electrons. The van der Waals surface area contributed by atoms with Crippen LogP contribution in [-0.2, 0) is 9.53 Å². The van der Waals surface area contributed by atoms with Crippen LogP contribution in [0.3, 0.4) is 0 Å². The van der Waals surface area contributed by atoms with Crippen molar-refractivity contribution < 1.29 is 18.7 Å². The van der Waals surface area contributed by atoms with E-state index < -0.39 is 17.7 Å². The molecule has 0 bridgehead atoms. The number of alkyl halides is 1. The van der Waals surface area contributed by atoms with E-state index in [-0.39, 0.29) is 12.6 Å². The molecule has 1 aromatic rings. The van der Waals surface area contributed by atoms with E-state index in [2.05, 4.69) is 10.2 Å². The van der Waals surface area contributed by atoms with Gasteiger partial charge in [-0.25, -0.2) is 9.18 Å². The Morgan fingerprint density at radius 2 is 2.20 bits per heavy atom. The molecule has 1 aromatic carbocycles. The fourth-order valence-corrected chi connectivity index (χ4v) is 2.91. The smallest absolute Gasteiger partial charge is 0.344 e. The third-order valence-corrected chi connectivity index (χ3v) is 4.04. The Balaban J connectivity index is 1.93. The van der Waals surface area contributed by atoms with Crippen molar-refractivity contribution in [1.29, 1.82) is 0 Å². The number of esters is 1. The van der Waals surface area contributed by atoms with Gasteiger partial charge >= 0.3 is 5.97 Å². The van der Waals surface area contributed by atoms with Crippen LogP contribution >= 0.6 is 0 Å². The zero-order valence-electron chi connectivity index (χ0n) is 15.5. The van der Waals surface area contributed by atoms with E-state index in [4.69, 9.17) is 9.47 Å². The summed E-state index contributed by atoms with van der Waals surface area (Å²) in [5.74, 6) is 0.225. The van der Waals surface area contributed by atoms with E-state index in [1.54, 1.807) is 0 Å². The van der Waals surface area contributed by atoms with Gasteiger partial charge in [0.25, 0.3) is 0 Å². The molecule has 0 spiro atoms. The van der Waals surface area contributed by atoms with Gasteiger partial charge in [0, 0.05) is 25.7 Å². The van der Waals surface area contributed by atoms with Gasteiger partial charge in [0.2, 0.25) is 0 Å². The van der Waals surface area contributed by atoms with Gasteiger partial charge in [-0.1, -0.05) is 12.1 Å². The highest BCUT2D eigenvalue weighted by Gasteiger charge is 2.24. The van der Waals surface area contributed by atoms with Crippen molar-refractivity contribution in [1.82, 2.24) is 10.2 Å². The third-order valence-electron chi connectivity index (χ3n) is 4.04. The molecule has 0 aromatic heterocycles. The summed E-state index contributed by atoms with van der Waals surface area (Å²) >= 11 is 0. The quantitative estimate of drug-likeness (QED) is 0.765. The molecule has 6 heteroatoms. The molecule has 1 fully saturated rings. The summed E-state index contributed by atoms with van der Waals surface area (Å²) in [5, 5.41) is 3.27. The Morgan fingerprint density at radius 1 is 1.44 bits per heavy atom. The van der Waals surface area contributed by atoms with Crippen molar-refractivity contribution in [3.63, 3.8) is 0 Å². The van der Waals surface area contributed by atoms with E-state index in [9.17, 15) is 9.18 Å². The van der Waals surface area contributed by atoms with E-state index in [1.165, 1.54) is 0 Å². The first-order valence-electron chi connectivity index (χ1n) is 8.75. The van der Waals surface area contributed by atoms with Crippen LogP contribution in [0.15, 0.2) is 24.3 Å². The fraction of sp³-hybridized carbons (Fsp3) is 0.632. The number of carbonyl (C=O) groups excluding carboxylic acids is 1. The molecule has 1 aliphatic heterocycles. The number of hydrogen-bond donors (Lipinski definition) is 1. The van der Waals surface area contributed by atoms with Crippen LogP contribution in [0.5, 0.6) is 5.75 Å². The Labute approximate surface area is 149 Å². The highest BCUT2D eigenvalue weighted by molar-refractivity contribution is 5.71. The molecular formula is C19H29FN2O3. The van der Waals surface area contributed by atoms with Crippen LogP contribution < -0.4 is 10.1 Å². The number of likely N-dealkylation sites (N-methyl/N-ethyl adjacent to an activating group) is 1. The second-order valence-corrected chi connectivity index (χ2v) is 7.43. The lowest BCUT2D eigenvalue weighted by Crippen LogP contribution is -2.32. The number of nitrogens with zero attached hydrogens (tertiary/aromatic N) is 1. The van der Waals surface area contributed by atoms with E-state index >= 15 is 0 Å². The summed E-state index contributed by atoms with van der Waals surface area (Å²) in [7, 11) is 1.89. The minimum Gasteiger partial charge on any atom is -0.482 e. The molecule has 1 heterocycles. The number of rotatable bonds is 7. The second kappa shape index (κ2) is 8.63. The van der Waals surface area contributed by atoms with Gasteiger partial charge in [0.15, 0.2) is 6.61 Å². The summed E-state index contributed by atoms with van der Waals surface area (Å²) in [4.78, 5) is 13.9. The monoisotopic (exact) mass is 352 g/mol. The molecule has 1 saturated heterocycles. The van der Waals surface area contributed by atoms with Crippen LogP contribution in [-0.4, -0.2) is 55.9 Å². The van der Waals surface area contributed by atoms with Crippen LogP contribution in [0.1, 0.15) is 38.8 Å². The first-order chi connectivity index (χ1) is 11.8. The van der Waals surface area contributed by atoms with Crippen LogP contribution in [0, 0.1) is 0 Å². The lowest BCUT2D eigenvalue weighted by Gasteiger charge is -2.24. The van der Waals surface area contributed by atoms with E-state index in [0.717, 1.165) is 18.7 Å². The minimum absolute atomic E-state index is 0.0791. The number of hydrogen-bond acceptors (Lipinski definition) is 5. The molecule has 0 saturated carbocycles. The average Bonchev–Trinajstić information content (AvgIpc) is 2.94. The maximum atomic E-state index is 13.4. The predicted molar refractivity (Wildman–Crippen MR) is 95.5 cm³/mol. The predicted octanol–water partition coefficient (Wildman–Crippen LogP) is 2.71. The van der Waals surface area contributed by atoms with E-state index in [0.29, 0.717) is 18.7 Å². The second-order valence-electron chi connectivity index (χ2n) is 7.43. The Kier molecular flexibility index (Phi) is 6.79. The van der Waals surface area contributed by atoms with Crippen molar-refractivity contribution >= 4 is 5.97 Å². The van der Waals surface area contributed by atoms with Crippen molar-refractivity contribution in [2.45, 2.75) is 45.0 Å². The molecule has 1 N–H and O–H groups in total. The summed E-state index contributed by atoms with van der Waals surface area (Å²) in [6, 6.07) is 7.70. The summed E-state index contributed by atoms with van der Waals surface area (Å²) in [6.45, 7) is 7.37. The van der Waals surface area contributed by atoms with Crippen molar-refractivity contribution in [2.75, 3.05) is 33.3 Å². The fourth-order valence-electron chi connectivity index (χ4n) is 2.91. The van der Waals surface area contributed by atoms with Gasteiger partial charge in [-0.2, -0.15) is 0 Å². The zero-order chi connectivity index (χ0) is 18.4. The van der Waals surface area contributed by atoms with Gasteiger partial charge < -0.3 is 14.8 Å². The SMILES string of the molecule is CNC(CN1CC[C@H](F)C1)c1cccc(OCC(=O)OC(C)(C)C)c1. The maximum absolute atomic E-state index is 13.4. The number of benzene rings is 1. The number of carbonyl (C=O) groups is 1. The topological polar surface area (TPSA) is 50.8 Å². The average molecular weight is 352 g/mol. The number of nitrogens with one attached hydrogen (secondary N) is 1. The van der Waals surface area contributed by atoms with Gasteiger partial charge in [-0.3, -0.25) is 4.90 Å². The molecule has 1 unspecified atom stereocenters. The van der Waals surface area contributed by atoms with Gasteiger partial charge in [0.05, 0.1) is 0 Å². The molecule has 0 amide bonds. The van der Waals surface area contributed by atoms with Crippen LogP contribution in [0.4, 0.5) is 4.39 Å². The number of ether oxygens (including phenoxy) is 2. The molecule has 25 heavy (non-hydrogen) atoms. The maximum Gasteiger partial charge on any atom is 0.344 e. The highest BCUT2D eigenvalue weighted by atomic mass is 19.1. The molecule has 5 nitrogen and oxygen atoms in total. The van der Waals surface area contributed by atoms with Gasteiger partial charge in [0.1, 0.15) is 17.5 Å². The van der Waals surface area contributed by atoms with E-state index in [1.807, 2.05) is 52.1 Å². The first-order valence-corrected chi connectivity index (χ1v) is 8.75. The van der Waals surface area contributed by atoms with Crippen molar-refractivity contribution in [3.05, 3.63) is 29.8 Å². The largest absolute Gasteiger partial charge is 0.482 e. The summed E-state index contributed by atoms with van der Waals surface area (Å²) in [5.41, 5.74) is 0.523. The molecular weight excluding hydrogens is 323 g/mol. The first kappa shape index (κ1) is 19.7. The third kappa shape index (κ3) is 6.63. The molecule has 140 valence electrons. The van der Waals surface area contributed by atoms with Crippen LogP contribution in [0.2, 0.25) is 0 Å². The lowest BCUT2D eigenvalue weighted by molar-refractivity contribution is -0.157. The summed E-state index contributed by atoms with van der Waals surface area (Å²) < 4.78 is 24.2. The minimum atomic E-state index is -0.721. The Hall–Kier alpha value is -1.66. The van der Waals surface area contributed by atoms with Crippen molar-refractivity contribution in [2.24, 2.45) is 0 Å². The highest BCUT2D eigenvalue weighted by Crippen LogP contribution is 2.22. The van der Waals surface area contributed by atoms with Gasteiger partial charge in [-0.05, 0) is 51.9 Å². The number of halogens is 1. The molecule has 2 atom stereocenters. The van der Waals surface area contributed by atoms with Crippen LogP contribution in [0.25, 0.3) is 0 Å². The zero-order valence-corrected chi connectivity index (χ0v) is 15.5.